The summed E-state index contributed by atoms with van der Waals surface area (Å²) in [6.45, 7) is 3.82. The molecule has 7 heteroatoms. The van der Waals surface area contributed by atoms with Gasteiger partial charge in [0.25, 0.3) is 0 Å². The van der Waals surface area contributed by atoms with Crippen LogP contribution in [0.1, 0.15) is 26.2 Å². The molecule has 1 aliphatic carbocycles. The zero-order valence-corrected chi connectivity index (χ0v) is 17.1. The molecule has 1 amide bonds. The smallest absolute Gasteiger partial charge is 0.219 e. The van der Waals surface area contributed by atoms with Crippen molar-refractivity contribution in [1.29, 1.82) is 0 Å². The summed E-state index contributed by atoms with van der Waals surface area (Å²) in [5, 5.41) is 6.69. The number of amides is 1. The topological polar surface area (TPSA) is 90.4 Å². The molecule has 2 aliphatic rings. The number of nitrogens with zero attached hydrogens (tertiary/aromatic N) is 3. The molecule has 2 aromatic rings. The van der Waals surface area contributed by atoms with Gasteiger partial charge in [-0.05, 0) is 36.5 Å². The molecular formula is C22H29N6O+. The number of hydrogen-bond acceptors (Lipinski definition) is 3. The highest BCUT2D eigenvalue weighted by Gasteiger charge is 2.26. The predicted octanol–water partition coefficient (Wildman–Crippen LogP) is 2.00. The number of rotatable bonds is 6. The fourth-order valence-electron chi connectivity index (χ4n) is 3.60. The number of aliphatic imine (C=N–C) groups is 1. The third-order valence-electron chi connectivity index (χ3n) is 5.61. The molecule has 2 heterocycles. The highest BCUT2D eigenvalue weighted by Crippen LogP contribution is 2.29. The maximum atomic E-state index is 11.9. The number of nitrogens with two attached hydrogens (primary N) is 1. The van der Waals surface area contributed by atoms with Gasteiger partial charge in [-0.2, -0.15) is 5.10 Å². The van der Waals surface area contributed by atoms with Crippen molar-refractivity contribution in [3.8, 4) is 11.1 Å². The second-order valence-corrected chi connectivity index (χ2v) is 7.98. The van der Waals surface area contributed by atoms with E-state index in [1.165, 1.54) is 12.8 Å². The molecule has 7 nitrogen and oxygen atoms in total. The Bertz CT molecular complexity index is 952. The summed E-state index contributed by atoms with van der Waals surface area (Å²) in [5.74, 6) is 1.33. The van der Waals surface area contributed by atoms with Gasteiger partial charge in [0, 0.05) is 37.7 Å². The molecule has 4 N–H and O–H groups in total. The van der Waals surface area contributed by atoms with Crippen molar-refractivity contribution in [2.45, 2.75) is 26.2 Å². The van der Waals surface area contributed by atoms with Crippen LogP contribution in [-0.4, -0.2) is 41.4 Å². The van der Waals surface area contributed by atoms with E-state index < -0.39 is 0 Å². The van der Waals surface area contributed by atoms with Gasteiger partial charge in [-0.3, -0.25) is 4.79 Å². The van der Waals surface area contributed by atoms with Crippen LogP contribution in [0.3, 0.4) is 0 Å². The standard InChI is InChI=1S/C22H28N6O/c1-15(29)28-10-9-21(24-11-16-3-4-16)20(14-28)22(23)26-19-7-5-17(6-8-19)18-12-25-27(2)13-18/h5-8,12-13,16H,3-4,9-11,14H2,1-2H3,(H3,23,24,26)/p+1. The van der Waals surface area contributed by atoms with Crippen LogP contribution in [0.5, 0.6) is 0 Å². The van der Waals surface area contributed by atoms with Crippen LogP contribution in [0.4, 0.5) is 5.69 Å². The van der Waals surface area contributed by atoms with Gasteiger partial charge in [0.05, 0.1) is 24.0 Å². The summed E-state index contributed by atoms with van der Waals surface area (Å²) in [6.07, 6.45) is 7.39. The lowest BCUT2D eigenvalue weighted by Gasteiger charge is -2.30. The van der Waals surface area contributed by atoms with E-state index >= 15 is 0 Å². The second-order valence-electron chi connectivity index (χ2n) is 7.98. The number of nitrogens with one attached hydrogen (secondary N) is 2. The van der Waals surface area contributed by atoms with Crippen LogP contribution < -0.4 is 15.7 Å². The molecule has 1 aliphatic heterocycles. The Morgan fingerprint density at radius 2 is 2.07 bits per heavy atom. The van der Waals surface area contributed by atoms with Gasteiger partial charge in [-0.25, -0.2) is 4.99 Å². The minimum absolute atomic E-state index is 0.0700. The van der Waals surface area contributed by atoms with E-state index in [-0.39, 0.29) is 5.91 Å². The number of benzene rings is 1. The minimum atomic E-state index is 0.0700. The maximum absolute atomic E-state index is 11.9. The zero-order valence-electron chi connectivity index (χ0n) is 17.1. The molecular weight excluding hydrogens is 364 g/mol. The van der Waals surface area contributed by atoms with Crippen molar-refractivity contribution < 1.29 is 9.48 Å². The van der Waals surface area contributed by atoms with Crippen molar-refractivity contribution in [2.24, 2.45) is 23.7 Å². The lowest BCUT2D eigenvalue weighted by molar-refractivity contribution is -0.726. The van der Waals surface area contributed by atoms with Gasteiger partial charge in [-0.15, -0.1) is 4.68 Å². The van der Waals surface area contributed by atoms with E-state index in [2.05, 4.69) is 15.4 Å². The Labute approximate surface area is 171 Å². The van der Waals surface area contributed by atoms with E-state index in [1.807, 2.05) is 53.3 Å². The first kappa shape index (κ1) is 19.2. The summed E-state index contributed by atoms with van der Waals surface area (Å²) in [7, 11) is 1.96. The Morgan fingerprint density at radius 3 is 2.69 bits per heavy atom. The SMILES string of the molecule is CC(=O)N1CCC(NCC2CC2)=C(C(N)=Nc2ccc(-c3c[nH][n+](C)c3)cc2)C1. The third-order valence-corrected chi connectivity index (χ3v) is 5.61. The summed E-state index contributed by atoms with van der Waals surface area (Å²) in [5.41, 5.74) is 11.5. The number of aryl methyl sites for hydroxylation is 1. The van der Waals surface area contributed by atoms with Crippen molar-refractivity contribution in [1.82, 2.24) is 15.3 Å². The normalized spacial score (nSPS) is 17.6. The molecule has 1 aromatic heterocycles. The van der Waals surface area contributed by atoms with Gasteiger partial charge in [0.15, 0.2) is 7.05 Å². The molecule has 152 valence electrons. The predicted molar refractivity (Wildman–Crippen MR) is 113 cm³/mol. The monoisotopic (exact) mass is 393 g/mol. The van der Waals surface area contributed by atoms with E-state index in [4.69, 9.17) is 5.73 Å². The average molecular weight is 394 g/mol. The molecule has 0 bridgehead atoms. The highest BCUT2D eigenvalue weighted by atomic mass is 16.2. The number of aromatic nitrogens is 2. The van der Waals surface area contributed by atoms with E-state index in [9.17, 15) is 4.79 Å². The molecule has 0 unspecified atom stereocenters. The Kier molecular flexibility index (Phi) is 5.38. The third kappa shape index (κ3) is 4.67. The first-order chi connectivity index (χ1) is 14.0. The highest BCUT2D eigenvalue weighted by molar-refractivity contribution is 6.00. The summed E-state index contributed by atoms with van der Waals surface area (Å²) in [6, 6.07) is 8.02. The molecule has 0 atom stereocenters. The fourth-order valence-corrected chi connectivity index (χ4v) is 3.60. The van der Waals surface area contributed by atoms with E-state index in [0.717, 1.165) is 53.5 Å². The Hall–Kier alpha value is -3.09. The van der Waals surface area contributed by atoms with Gasteiger partial charge in [0.2, 0.25) is 12.1 Å². The molecule has 4 rings (SSSR count). The second kappa shape index (κ2) is 8.11. The Balaban J connectivity index is 1.55. The lowest BCUT2D eigenvalue weighted by atomic mass is 10.0. The first-order valence-electron chi connectivity index (χ1n) is 10.2. The molecule has 1 saturated carbocycles. The molecule has 1 fully saturated rings. The van der Waals surface area contributed by atoms with Gasteiger partial charge in [-0.1, -0.05) is 12.1 Å². The molecule has 0 radical (unpaired) electrons. The van der Waals surface area contributed by atoms with Crippen LogP contribution in [0, 0.1) is 5.92 Å². The number of aromatic amines is 1. The van der Waals surface area contributed by atoms with E-state index in [0.29, 0.717) is 12.4 Å². The number of amidine groups is 1. The van der Waals surface area contributed by atoms with Crippen LogP contribution >= 0.6 is 0 Å². The number of hydrogen-bond donors (Lipinski definition) is 3. The van der Waals surface area contributed by atoms with Crippen molar-refractivity contribution in [2.75, 3.05) is 19.6 Å². The lowest BCUT2D eigenvalue weighted by Crippen LogP contribution is -2.41. The van der Waals surface area contributed by atoms with Crippen LogP contribution in [-0.2, 0) is 11.8 Å². The molecule has 0 saturated heterocycles. The molecule has 1 aromatic carbocycles. The Morgan fingerprint density at radius 1 is 1.31 bits per heavy atom. The number of carbonyl (C=O) groups is 1. The number of H-pyrrole nitrogens is 1. The van der Waals surface area contributed by atoms with Crippen LogP contribution in [0.25, 0.3) is 11.1 Å². The summed E-state index contributed by atoms with van der Waals surface area (Å²) in [4.78, 5) is 18.4. The summed E-state index contributed by atoms with van der Waals surface area (Å²) >= 11 is 0. The maximum Gasteiger partial charge on any atom is 0.219 e. The van der Waals surface area contributed by atoms with Crippen LogP contribution in [0.2, 0.25) is 0 Å². The summed E-state index contributed by atoms with van der Waals surface area (Å²) < 4.78 is 1.91. The van der Waals surface area contributed by atoms with Gasteiger partial charge < -0.3 is 16.0 Å². The average Bonchev–Trinajstić information content (AvgIpc) is 3.45. The van der Waals surface area contributed by atoms with Crippen molar-refractivity contribution in [3.05, 3.63) is 47.9 Å². The number of carbonyl (C=O) groups excluding carboxylic acids is 1. The first-order valence-corrected chi connectivity index (χ1v) is 10.2. The molecule has 0 spiro atoms. The van der Waals surface area contributed by atoms with Crippen molar-refractivity contribution in [3.63, 3.8) is 0 Å². The zero-order chi connectivity index (χ0) is 20.4. The largest absolute Gasteiger partial charge is 0.388 e. The van der Waals surface area contributed by atoms with Crippen LogP contribution in [0.15, 0.2) is 52.9 Å². The van der Waals surface area contributed by atoms with Crippen molar-refractivity contribution >= 4 is 17.4 Å². The minimum Gasteiger partial charge on any atom is -0.388 e. The van der Waals surface area contributed by atoms with Gasteiger partial charge in [0.1, 0.15) is 5.84 Å². The van der Waals surface area contributed by atoms with Gasteiger partial charge >= 0.3 is 0 Å². The molecule has 29 heavy (non-hydrogen) atoms. The quantitative estimate of drug-likeness (QED) is 0.398. The van der Waals surface area contributed by atoms with E-state index in [1.54, 1.807) is 6.92 Å². The fraction of sp³-hybridized carbons (Fsp3) is 0.409.